The number of fused-ring (bicyclic) bond motifs is 2. The third kappa shape index (κ3) is 2.48. The number of hydrogen-bond donors (Lipinski definition) is 1. The van der Waals surface area contributed by atoms with Crippen molar-refractivity contribution in [1.82, 2.24) is 10.2 Å². The third-order valence-electron chi connectivity index (χ3n) is 3.40. The van der Waals surface area contributed by atoms with Gasteiger partial charge in [-0.15, -0.1) is 0 Å². The zero-order valence-electron chi connectivity index (χ0n) is 10.6. The predicted molar refractivity (Wildman–Crippen MR) is 62.3 cm³/mol. The molecule has 0 spiro atoms. The first kappa shape index (κ1) is 11.7. The molecule has 3 aliphatic rings. The van der Waals surface area contributed by atoms with E-state index in [0.29, 0.717) is 17.9 Å². The maximum Gasteiger partial charge on any atom is 0.407 e. The smallest absolute Gasteiger partial charge is 0.407 e. The minimum absolute atomic E-state index is 0.267. The van der Waals surface area contributed by atoms with Gasteiger partial charge in [0.15, 0.2) is 0 Å². The van der Waals surface area contributed by atoms with Gasteiger partial charge in [0.25, 0.3) is 0 Å². The zero-order valence-corrected chi connectivity index (χ0v) is 10.6. The molecular formula is C12H22N2O2. The van der Waals surface area contributed by atoms with Gasteiger partial charge in [0.1, 0.15) is 5.60 Å². The van der Waals surface area contributed by atoms with E-state index in [-0.39, 0.29) is 6.09 Å². The first-order chi connectivity index (χ1) is 7.35. The van der Waals surface area contributed by atoms with Gasteiger partial charge in [0.2, 0.25) is 0 Å². The van der Waals surface area contributed by atoms with E-state index < -0.39 is 5.60 Å². The van der Waals surface area contributed by atoms with Crippen LogP contribution in [0.25, 0.3) is 0 Å². The largest absolute Gasteiger partial charge is 0.444 e. The summed E-state index contributed by atoms with van der Waals surface area (Å²) in [4.78, 5) is 14.0. The highest BCUT2D eigenvalue weighted by Gasteiger charge is 2.46. The zero-order chi connectivity index (χ0) is 11.9. The predicted octanol–water partition coefficient (Wildman–Crippen LogP) is 1.46. The van der Waals surface area contributed by atoms with E-state index in [4.69, 9.17) is 4.74 Å². The Morgan fingerprint density at radius 1 is 1.31 bits per heavy atom. The number of ether oxygens (including phenoxy) is 1. The van der Waals surface area contributed by atoms with Crippen molar-refractivity contribution in [2.24, 2.45) is 11.8 Å². The van der Waals surface area contributed by atoms with Crippen molar-refractivity contribution in [1.29, 1.82) is 0 Å². The van der Waals surface area contributed by atoms with Gasteiger partial charge in [-0.05, 0) is 46.1 Å². The molecule has 2 bridgehead atoms. The van der Waals surface area contributed by atoms with Gasteiger partial charge in [-0.3, -0.25) is 0 Å². The third-order valence-corrected chi connectivity index (χ3v) is 3.40. The maximum absolute atomic E-state index is 11.6. The molecule has 1 N–H and O–H groups in total. The molecule has 0 aromatic heterocycles. The average molecular weight is 226 g/mol. The molecule has 2 unspecified atom stereocenters. The van der Waals surface area contributed by atoms with Gasteiger partial charge in [-0.25, -0.2) is 4.79 Å². The van der Waals surface area contributed by atoms with E-state index in [1.54, 1.807) is 0 Å². The van der Waals surface area contributed by atoms with E-state index in [9.17, 15) is 4.79 Å². The highest BCUT2D eigenvalue weighted by atomic mass is 16.6. The molecule has 0 aromatic rings. The summed E-state index contributed by atoms with van der Waals surface area (Å²) in [5, 5.41) is 3.01. The summed E-state index contributed by atoms with van der Waals surface area (Å²) < 4.78 is 5.27. The van der Waals surface area contributed by atoms with Gasteiger partial charge in [-0.1, -0.05) is 0 Å². The van der Waals surface area contributed by atoms with Crippen LogP contribution in [0.4, 0.5) is 4.79 Å². The van der Waals surface area contributed by atoms with Crippen molar-refractivity contribution < 1.29 is 9.53 Å². The summed E-state index contributed by atoms with van der Waals surface area (Å²) in [5.41, 5.74) is -0.403. The fraction of sp³-hybridized carbons (Fsp3) is 0.917. The number of alkyl carbamates (subject to hydrolysis) is 1. The van der Waals surface area contributed by atoms with Crippen LogP contribution >= 0.6 is 0 Å². The van der Waals surface area contributed by atoms with Crippen LogP contribution < -0.4 is 5.32 Å². The summed E-state index contributed by atoms with van der Waals surface area (Å²) in [6.07, 6.45) is 0.988. The first-order valence-electron chi connectivity index (χ1n) is 6.03. The molecule has 0 aromatic carbocycles. The van der Waals surface area contributed by atoms with Crippen LogP contribution in [0, 0.1) is 11.8 Å². The molecular weight excluding hydrogens is 204 g/mol. The second-order valence-corrected chi connectivity index (χ2v) is 6.15. The topological polar surface area (TPSA) is 41.6 Å². The standard InChI is InChI=1S/C12H22N2O2/c1-12(2,3)16-11(15)13-10-8-5-9(10)7-14(4)6-8/h8-10H,5-7H2,1-4H3,(H,13,15). The van der Waals surface area contributed by atoms with E-state index in [0.717, 1.165) is 13.1 Å². The van der Waals surface area contributed by atoms with Gasteiger partial charge in [-0.2, -0.15) is 0 Å². The monoisotopic (exact) mass is 226 g/mol. The first-order valence-corrected chi connectivity index (χ1v) is 6.03. The Morgan fingerprint density at radius 2 is 1.88 bits per heavy atom. The molecule has 2 aliphatic heterocycles. The summed E-state index contributed by atoms with van der Waals surface area (Å²) in [5.74, 6) is 1.24. The van der Waals surface area contributed by atoms with Crippen LogP contribution in [0.15, 0.2) is 0 Å². The lowest BCUT2D eigenvalue weighted by Gasteiger charge is -2.52. The van der Waals surface area contributed by atoms with Crippen LogP contribution in [0.1, 0.15) is 27.2 Å². The molecule has 0 radical (unpaired) electrons. The summed E-state index contributed by atoms with van der Waals surface area (Å²) in [7, 11) is 2.14. The fourth-order valence-electron chi connectivity index (χ4n) is 2.80. The Kier molecular flexibility index (Phi) is 2.86. The lowest BCUT2D eigenvalue weighted by molar-refractivity contribution is -0.0126. The molecule has 16 heavy (non-hydrogen) atoms. The molecule has 1 amide bonds. The number of amides is 1. The molecule has 2 heterocycles. The number of rotatable bonds is 1. The van der Waals surface area contributed by atoms with E-state index in [1.807, 2.05) is 20.8 Å². The van der Waals surface area contributed by atoms with Crippen LogP contribution in [0.5, 0.6) is 0 Å². The number of piperidine rings is 2. The molecule has 2 atom stereocenters. The Hall–Kier alpha value is -0.770. The molecule has 1 saturated carbocycles. The molecule has 2 saturated heterocycles. The van der Waals surface area contributed by atoms with Crippen molar-refractivity contribution in [2.45, 2.75) is 38.8 Å². The second-order valence-electron chi connectivity index (χ2n) is 6.15. The Morgan fingerprint density at radius 3 is 2.38 bits per heavy atom. The summed E-state index contributed by atoms with van der Waals surface area (Å²) in [6.45, 7) is 7.86. The highest BCUT2D eigenvalue weighted by molar-refractivity contribution is 5.68. The van der Waals surface area contributed by atoms with Gasteiger partial charge in [0.05, 0.1) is 0 Å². The lowest BCUT2D eigenvalue weighted by Crippen LogP contribution is -2.63. The molecule has 1 aliphatic carbocycles. The lowest BCUT2D eigenvalue weighted by atomic mass is 9.66. The van der Waals surface area contributed by atoms with E-state index in [1.165, 1.54) is 6.42 Å². The molecule has 92 valence electrons. The fourth-order valence-corrected chi connectivity index (χ4v) is 2.80. The SMILES string of the molecule is CN1CC2CC(C1)C2NC(=O)OC(C)(C)C. The minimum atomic E-state index is -0.403. The number of hydrogen-bond acceptors (Lipinski definition) is 3. The molecule has 3 rings (SSSR count). The quantitative estimate of drug-likeness (QED) is 0.736. The van der Waals surface area contributed by atoms with Crippen LogP contribution in [-0.2, 0) is 4.74 Å². The van der Waals surface area contributed by atoms with Crippen molar-refractivity contribution in [3.8, 4) is 0 Å². The van der Waals surface area contributed by atoms with Gasteiger partial charge < -0.3 is 15.0 Å². The molecule has 3 fully saturated rings. The molecule has 4 nitrogen and oxygen atoms in total. The summed E-state index contributed by atoms with van der Waals surface area (Å²) in [6, 6.07) is 0.339. The highest BCUT2D eigenvalue weighted by Crippen LogP contribution is 2.39. The van der Waals surface area contributed by atoms with Crippen LogP contribution in [0.3, 0.4) is 0 Å². The van der Waals surface area contributed by atoms with E-state index >= 15 is 0 Å². The number of carbonyl (C=O) groups excluding carboxylic acids is 1. The normalized spacial score (nSPS) is 34.1. The minimum Gasteiger partial charge on any atom is -0.444 e. The van der Waals surface area contributed by atoms with Crippen molar-refractivity contribution in [3.63, 3.8) is 0 Å². The summed E-state index contributed by atoms with van der Waals surface area (Å²) >= 11 is 0. The Labute approximate surface area is 97.3 Å². The average Bonchev–Trinajstić information content (AvgIpc) is 2.11. The van der Waals surface area contributed by atoms with Crippen molar-refractivity contribution in [2.75, 3.05) is 20.1 Å². The number of carbonyl (C=O) groups is 1. The number of nitrogens with zero attached hydrogens (tertiary/aromatic N) is 1. The van der Waals surface area contributed by atoms with Gasteiger partial charge >= 0.3 is 6.09 Å². The maximum atomic E-state index is 11.6. The second kappa shape index (κ2) is 3.91. The van der Waals surface area contributed by atoms with Crippen molar-refractivity contribution in [3.05, 3.63) is 0 Å². The van der Waals surface area contributed by atoms with Gasteiger partial charge in [0, 0.05) is 19.1 Å². The van der Waals surface area contributed by atoms with Crippen LogP contribution in [0.2, 0.25) is 0 Å². The number of nitrogens with one attached hydrogen (secondary N) is 1. The van der Waals surface area contributed by atoms with Crippen molar-refractivity contribution >= 4 is 6.09 Å². The van der Waals surface area contributed by atoms with E-state index in [2.05, 4.69) is 17.3 Å². The molecule has 4 heteroatoms. The Balaban J connectivity index is 1.81. The Bertz CT molecular complexity index is 273. The van der Waals surface area contributed by atoms with Crippen LogP contribution in [-0.4, -0.2) is 42.8 Å².